The van der Waals surface area contributed by atoms with E-state index in [1.165, 1.54) is 0 Å². The van der Waals surface area contributed by atoms with Gasteiger partial charge in [0.1, 0.15) is 6.54 Å². The first-order valence-corrected chi connectivity index (χ1v) is 8.15. The number of likely N-dealkylation sites (tertiary alicyclic amines) is 1. The van der Waals surface area contributed by atoms with Crippen LogP contribution in [0.2, 0.25) is 0 Å². The zero-order valence-electron chi connectivity index (χ0n) is 13.4. The van der Waals surface area contributed by atoms with E-state index >= 15 is 0 Å². The molecule has 1 aromatic rings. The van der Waals surface area contributed by atoms with Gasteiger partial charge in [-0.05, 0) is 41.5 Å². The summed E-state index contributed by atoms with van der Waals surface area (Å²) in [6, 6.07) is -0.0745. The van der Waals surface area contributed by atoms with Crippen LogP contribution in [0.1, 0.15) is 31.5 Å². The summed E-state index contributed by atoms with van der Waals surface area (Å²) in [7, 11) is 0. The fourth-order valence-electron chi connectivity index (χ4n) is 3.71. The second-order valence-corrected chi connectivity index (χ2v) is 6.76. The summed E-state index contributed by atoms with van der Waals surface area (Å²) in [6.45, 7) is 1.13. The highest BCUT2D eigenvalue weighted by molar-refractivity contribution is 4.95. The highest BCUT2D eigenvalue weighted by Gasteiger charge is 2.41. The van der Waals surface area contributed by atoms with Crippen LogP contribution in [0.4, 0.5) is 13.2 Å². The van der Waals surface area contributed by atoms with E-state index in [1.54, 1.807) is 0 Å². The maximum absolute atomic E-state index is 12.6. The predicted octanol–water partition coefficient (Wildman–Crippen LogP) is 0.989. The Labute approximate surface area is 137 Å². The van der Waals surface area contributed by atoms with Gasteiger partial charge in [0.05, 0.1) is 13.2 Å². The summed E-state index contributed by atoms with van der Waals surface area (Å²) in [4.78, 5) is 2.02. The summed E-state index contributed by atoms with van der Waals surface area (Å²) in [5.74, 6) is 0.176. The maximum atomic E-state index is 12.6. The van der Waals surface area contributed by atoms with Crippen LogP contribution >= 0.6 is 0 Å². The Kier molecular flexibility index (Phi) is 5.07. The lowest BCUT2D eigenvalue weighted by Gasteiger charge is -2.48. The third kappa shape index (κ3) is 4.04. The van der Waals surface area contributed by atoms with Gasteiger partial charge in [-0.2, -0.15) is 13.2 Å². The van der Waals surface area contributed by atoms with Crippen LogP contribution in [-0.4, -0.2) is 68.8 Å². The molecule has 0 radical (unpaired) electrons. The second-order valence-electron chi connectivity index (χ2n) is 6.76. The molecular formula is C14H22F3N5O2. The molecule has 0 amide bonds. The topological polar surface area (TPSA) is 76.3 Å². The van der Waals surface area contributed by atoms with Crippen molar-refractivity contribution in [2.24, 2.45) is 5.41 Å². The predicted molar refractivity (Wildman–Crippen MR) is 76.9 cm³/mol. The normalized spacial score (nSPS) is 25.2. The number of ether oxygens (including phenoxy) is 1. The molecule has 7 nitrogen and oxygen atoms in total. The fraction of sp³-hybridized carbons (Fsp3) is 0.929. The SMILES string of the molecule is OCC1CCC2(CCOCC2)CN1Cc1nnnn1CC(F)(F)F. The van der Waals surface area contributed by atoms with Gasteiger partial charge in [-0.15, -0.1) is 5.10 Å². The molecule has 2 saturated heterocycles. The largest absolute Gasteiger partial charge is 0.408 e. The van der Waals surface area contributed by atoms with Crippen molar-refractivity contribution in [3.05, 3.63) is 5.82 Å². The summed E-state index contributed by atoms with van der Waals surface area (Å²) in [6.07, 6.45) is -0.669. The molecule has 0 saturated carbocycles. The van der Waals surface area contributed by atoms with Crippen LogP contribution in [0.5, 0.6) is 0 Å². The number of hydrogen-bond acceptors (Lipinski definition) is 6. The Hall–Kier alpha value is -1.26. The lowest BCUT2D eigenvalue weighted by atomic mass is 9.72. The van der Waals surface area contributed by atoms with Crippen LogP contribution in [0, 0.1) is 5.41 Å². The highest BCUT2D eigenvalue weighted by Crippen LogP contribution is 2.41. The number of rotatable bonds is 4. The average molecular weight is 349 g/mol. The van der Waals surface area contributed by atoms with Gasteiger partial charge in [0.15, 0.2) is 5.82 Å². The molecule has 0 aliphatic carbocycles. The lowest BCUT2D eigenvalue weighted by Crippen LogP contribution is -2.51. The standard InChI is InChI=1S/C14H22F3N5O2/c15-14(16,17)10-22-12(18-19-20-22)7-21-9-13(2-1-11(21)8-23)3-5-24-6-4-13/h11,23H,1-10H2. The van der Waals surface area contributed by atoms with Gasteiger partial charge < -0.3 is 9.84 Å². The molecule has 3 heterocycles. The maximum Gasteiger partial charge on any atom is 0.408 e. The molecule has 1 unspecified atom stereocenters. The summed E-state index contributed by atoms with van der Waals surface area (Å²) >= 11 is 0. The van der Waals surface area contributed by atoms with E-state index in [9.17, 15) is 18.3 Å². The number of aliphatic hydroxyl groups is 1. The molecule has 0 aromatic carbocycles. The Bertz CT molecular complexity index is 545. The van der Waals surface area contributed by atoms with Crippen molar-refractivity contribution in [3.63, 3.8) is 0 Å². The van der Waals surface area contributed by atoms with Crippen molar-refractivity contribution in [1.82, 2.24) is 25.1 Å². The van der Waals surface area contributed by atoms with E-state index in [4.69, 9.17) is 4.74 Å². The first kappa shape index (κ1) is 17.6. The molecule has 1 N–H and O–H groups in total. The first-order chi connectivity index (χ1) is 11.4. The van der Waals surface area contributed by atoms with Gasteiger partial charge in [0.2, 0.25) is 0 Å². The molecule has 2 fully saturated rings. The molecule has 0 bridgehead atoms. The van der Waals surface area contributed by atoms with Crippen molar-refractivity contribution < 1.29 is 23.0 Å². The van der Waals surface area contributed by atoms with Crippen molar-refractivity contribution in [2.45, 2.75) is 51.0 Å². The lowest BCUT2D eigenvalue weighted by molar-refractivity contribution is -0.143. The summed E-state index contributed by atoms with van der Waals surface area (Å²) < 4.78 is 44.1. The minimum Gasteiger partial charge on any atom is -0.395 e. The number of aromatic nitrogens is 4. The summed E-state index contributed by atoms with van der Waals surface area (Å²) in [5.41, 5.74) is 0.117. The number of piperidine rings is 1. The Morgan fingerprint density at radius 2 is 2.00 bits per heavy atom. The minimum absolute atomic E-state index is 0.0204. The highest BCUT2D eigenvalue weighted by atomic mass is 19.4. The number of halogens is 3. The Balaban J connectivity index is 1.73. The van der Waals surface area contributed by atoms with Gasteiger partial charge in [0.25, 0.3) is 0 Å². The second kappa shape index (κ2) is 6.93. The van der Waals surface area contributed by atoms with Crippen LogP contribution in [-0.2, 0) is 17.8 Å². The average Bonchev–Trinajstić information content (AvgIpc) is 2.93. The number of alkyl halides is 3. The van der Waals surface area contributed by atoms with Crippen LogP contribution < -0.4 is 0 Å². The van der Waals surface area contributed by atoms with Crippen molar-refractivity contribution in [3.8, 4) is 0 Å². The molecule has 1 atom stereocenters. The van der Waals surface area contributed by atoms with Crippen molar-refractivity contribution in [1.29, 1.82) is 0 Å². The zero-order valence-corrected chi connectivity index (χ0v) is 13.4. The van der Waals surface area contributed by atoms with Gasteiger partial charge in [-0.1, -0.05) is 0 Å². The third-order valence-electron chi connectivity index (χ3n) is 5.11. The molecule has 136 valence electrons. The van der Waals surface area contributed by atoms with E-state index in [0.717, 1.165) is 36.9 Å². The Morgan fingerprint density at radius 1 is 1.25 bits per heavy atom. The first-order valence-electron chi connectivity index (χ1n) is 8.15. The van der Waals surface area contributed by atoms with E-state index in [1.807, 2.05) is 4.90 Å². The minimum atomic E-state index is -4.37. The van der Waals surface area contributed by atoms with Crippen molar-refractivity contribution >= 4 is 0 Å². The number of aliphatic hydroxyl groups excluding tert-OH is 1. The molecule has 2 aliphatic rings. The molecular weight excluding hydrogens is 327 g/mol. The molecule has 10 heteroatoms. The molecule has 24 heavy (non-hydrogen) atoms. The Morgan fingerprint density at radius 3 is 2.67 bits per heavy atom. The van der Waals surface area contributed by atoms with Crippen LogP contribution in [0.3, 0.4) is 0 Å². The third-order valence-corrected chi connectivity index (χ3v) is 5.11. The quantitative estimate of drug-likeness (QED) is 0.874. The van der Waals surface area contributed by atoms with Crippen molar-refractivity contribution in [2.75, 3.05) is 26.4 Å². The molecule has 3 rings (SSSR count). The van der Waals surface area contributed by atoms with Crippen LogP contribution in [0.25, 0.3) is 0 Å². The van der Waals surface area contributed by atoms with Gasteiger partial charge in [-0.25, -0.2) is 4.68 Å². The number of hydrogen-bond donors (Lipinski definition) is 1. The monoisotopic (exact) mass is 349 g/mol. The zero-order chi connectivity index (χ0) is 17.2. The van der Waals surface area contributed by atoms with E-state index < -0.39 is 12.7 Å². The number of nitrogens with zero attached hydrogens (tertiary/aromatic N) is 5. The molecule has 1 aromatic heterocycles. The van der Waals surface area contributed by atoms with Crippen LogP contribution in [0.15, 0.2) is 0 Å². The summed E-state index contributed by atoms with van der Waals surface area (Å²) in [5, 5.41) is 20.2. The van der Waals surface area contributed by atoms with E-state index in [-0.39, 0.29) is 30.4 Å². The molecule has 1 spiro atoms. The van der Waals surface area contributed by atoms with Gasteiger partial charge in [0, 0.05) is 25.8 Å². The smallest absolute Gasteiger partial charge is 0.395 e. The fourth-order valence-corrected chi connectivity index (χ4v) is 3.71. The van der Waals surface area contributed by atoms with Gasteiger partial charge >= 0.3 is 6.18 Å². The van der Waals surface area contributed by atoms with E-state index in [2.05, 4.69) is 15.5 Å². The van der Waals surface area contributed by atoms with E-state index in [0.29, 0.717) is 13.2 Å². The van der Waals surface area contributed by atoms with Gasteiger partial charge in [-0.3, -0.25) is 4.90 Å². The molecule has 2 aliphatic heterocycles. The number of tetrazole rings is 1.